The zero-order chi connectivity index (χ0) is 22.5. The second-order valence-electron chi connectivity index (χ2n) is 7.49. The maximum Gasteiger partial charge on any atom is 0.305 e. The van der Waals surface area contributed by atoms with E-state index in [2.05, 4.69) is 27.7 Å². The van der Waals surface area contributed by atoms with E-state index in [-0.39, 0.29) is 17.5 Å². The van der Waals surface area contributed by atoms with Crippen molar-refractivity contribution in [2.75, 3.05) is 7.11 Å². The van der Waals surface area contributed by atoms with Crippen LogP contribution in [0, 0.1) is 0 Å². The minimum absolute atomic E-state index is 0.259. The van der Waals surface area contributed by atoms with Crippen LogP contribution in [-0.4, -0.2) is 40.7 Å². The number of nitrogens with one attached hydrogen (secondary N) is 1. The van der Waals surface area contributed by atoms with Gasteiger partial charge in [-0.3, -0.25) is 9.59 Å². The molecule has 2 aromatic carbocycles. The number of ether oxygens (including phenoxy) is 2. The van der Waals surface area contributed by atoms with Crippen molar-refractivity contribution in [1.82, 2.24) is 5.32 Å². The number of carboxylic acid groups (broad SMARTS) is 1. The van der Waals surface area contributed by atoms with Crippen molar-refractivity contribution >= 4 is 35.0 Å². The molecule has 1 saturated heterocycles. The van der Waals surface area contributed by atoms with Crippen LogP contribution < -0.4 is 14.8 Å². The van der Waals surface area contributed by atoms with Crippen molar-refractivity contribution in [3.05, 3.63) is 58.7 Å². The Labute approximate surface area is 189 Å². The van der Waals surface area contributed by atoms with Gasteiger partial charge in [0.1, 0.15) is 23.4 Å². The number of carbonyl (C=O) groups excluding carboxylic acids is 1. The monoisotopic (exact) mass is 453 g/mol. The van der Waals surface area contributed by atoms with Gasteiger partial charge in [-0.25, -0.2) is 0 Å². The standard InChI is InChI=1S/C23H23N3O5S/c1-30-19-8-5-14(12-24-26-23-25-22(29)20(32-23)11-21(27)28)9-17(19)13-31-18-7-6-15-3-2-4-16(15)10-18/h5-10,12,20H,2-4,11,13H2,1H3,(H,27,28)(H,25,26,29). The van der Waals surface area contributed by atoms with Crippen LogP contribution in [0.1, 0.15) is 35.1 Å². The molecule has 1 amide bonds. The molecule has 1 unspecified atom stereocenters. The molecule has 9 heteroatoms. The summed E-state index contributed by atoms with van der Waals surface area (Å²) in [5.41, 5.74) is 4.42. The minimum atomic E-state index is -1.03. The minimum Gasteiger partial charge on any atom is -0.496 e. The number of hydrogen-bond acceptors (Lipinski definition) is 7. The van der Waals surface area contributed by atoms with E-state index < -0.39 is 11.2 Å². The summed E-state index contributed by atoms with van der Waals surface area (Å²) in [6, 6.07) is 11.8. The fourth-order valence-electron chi connectivity index (χ4n) is 3.68. The van der Waals surface area contributed by atoms with Crippen LogP contribution in [0.15, 0.2) is 46.6 Å². The van der Waals surface area contributed by atoms with Crippen molar-refractivity contribution in [2.45, 2.75) is 37.5 Å². The quantitative estimate of drug-likeness (QED) is 0.469. The molecule has 0 bridgehead atoms. The lowest BCUT2D eigenvalue weighted by Crippen LogP contribution is -2.26. The first-order valence-electron chi connectivity index (χ1n) is 10.2. The molecule has 1 atom stereocenters. The summed E-state index contributed by atoms with van der Waals surface area (Å²) in [5.74, 6) is 0.143. The Kier molecular flexibility index (Phi) is 6.75. The topological polar surface area (TPSA) is 110 Å². The summed E-state index contributed by atoms with van der Waals surface area (Å²) in [4.78, 5) is 22.6. The highest BCUT2D eigenvalue weighted by molar-refractivity contribution is 8.15. The summed E-state index contributed by atoms with van der Waals surface area (Å²) >= 11 is 1.06. The Hall–Kier alpha value is -3.33. The third kappa shape index (κ3) is 5.28. The van der Waals surface area contributed by atoms with Crippen molar-refractivity contribution in [2.24, 2.45) is 10.2 Å². The smallest absolute Gasteiger partial charge is 0.305 e. The van der Waals surface area contributed by atoms with E-state index in [0.717, 1.165) is 41.5 Å². The maximum absolute atomic E-state index is 11.8. The number of rotatable bonds is 8. The number of aliphatic carboxylic acids is 1. The second kappa shape index (κ2) is 9.86. The molecule has 8 nitrogen and oxygen atoms in total. The first kappa shape index (κ1) is 21.9. The van der Waals surface area contributed by atoms with Gasteiger partial charge in [-0.2, -0.15) is 5.10 Å². The van der Waals surface area contributed by atoms with Gasteiger partial charge in [-0.05, 0) is 66.3 Å². The Morgan fingerprint density at radius 2 is 2.09 bits per heavy atom. The van der Waals surface area contributed by atoms with Crippen LogP contribution in [0.3, 0.4) is 0 Å². The van der Waals surface area contributed by atoms with Gasteiger partial charge in [-0.1, -0.05) is 17.8 Å². The van der Waals surface area contributed by atoms with E-state index in [1.54, 1.807) is 13.3 Å². The molecule has 166 valence electrons. The van der Waals surface area contributed by atoms with Crippen LogP contribution in [0.25, 0.3) is 0 Å². The average molecular weight is 454 g/mol. The van der Waals surface area contributed by atoms with Gasteiger partial charge in [0.2, 0.25) is 5.91 Å². The Bertz CT molecular complexity index is 1100. The summed E-state index contributed by atoms with van der Waals surface area (Å²) in [5, 5.41) is 19.0. The fraction of sp³-hybridized carbons (Fsp3) is 0.304. The lowest BCUT2D eigenvalue weighted by molar-refractivity contribution is -0.138. The van der Waals surface area contributed by atoms with Gasteiger partial charge in [0.25, 0.3) is 0 Å². The maximum atomic E-state index is 11.8. The third-order valence-electron chi connectivity index (χ3n) is 5.26. The average Bonchev–Trinajstić information content (AvgIpc) is 3.38. The number of hydrogen-bond donors (Lipinski definition) is 2. The zero-order valence-corrected chi connectivity index (χ0v) is 18.4. The fourth-order valence-corrected chi connectivity index (χ4v) is 4.60. The molecule has 0 spiro atoms. The molecule has 0 saturated carbocycles. The number of nitrogens with zero attached hydrogens (tertiary/aromatic N) is 2. The summed E-state index contributed by atoms with van der Waals surface area (Å²) in [6.07, 6.45) is 4.73. The van der Waals surface area contributed by atoms with Crippen molar-refractivity contribution < 1.29 is 24.2 Å². The largest absolute Gasteiger partial charge is 0.496 e. The molecule has 1 aliphatic heterocycles. The molecule has 0 aromatic heterocycles. The Morgan fingerprint density at radius 3 is 2.91 bits per heavy atom. The first-order chi connectivity index (χ1) is 15.5. The van der Waals surface area contributed by atoms with Crippen molar-refractivity contribution in [3.63, 3.8) is 0 Å². The van der Waals surface area contributed by atoms with E-state index in [9.17, 15) is 9.59 Å². The van der Waals surface area contributed by atoms with Crippen LogP contribution in [0.2, 0.25) is 0 Å². The number of carboxylic acids is 1. The number of amides is 1. The molecule has 1 aliphatic carbocycles. The molecule has 2 N–H and O–H groups in total. The molecular formula is C23H23N3O5S. The molecule has 32 heavy (non-hydrogen) atoms. The van der Waals surface area contributed by atoms with E-state index in [1.807, 2.05) is 24.3 Å². The van der Waals surface area contributed by atoms with E-state index in [0.29, 0.717) is 12.4 Å². The highest BCUT2D eigenvalue weighted by Crippen LogP contribution is 2.28. The van der Waals surface area contributed by atoms with Gasteiger partial charge >= 0.3 is 5.97 Å². The van der Waals surface area contributed by atoms with Crippen LogP contribution in [0.4, 0.5) is 0 Å². The number of fused-ring (bicyclic) bond motifs is 1. The van der Waals surface area contributed by atoms with Gasteiger partial charge < -0.3 is 19.9 Å². The predicted molar refractivity (Wildman–Crippen MR) is 123 cm³/mol. The number of methoxy groups -OCH3 is 1. The van der Waals surface area contributed by atoms with Gasteiger partial charge in [-0.15, -0.1) is 5.10 Å². The summed E-state index contributed by atoms with van der Waals surface area (Å²) in [7, 11) is 1.61. The molecule has 1 heterocycles. The lowest BCUT2D eigenvalue weighted by atomic mass is 10.1. The van der Waals surface area contributed by atoms with Crippen LogP contribution in [0.5, 0.6) is 11.5 Å². The van der Waals surface area contributed by atoms with E-state index >= 15 is 0 Å². The Morgan fingerprint density at radius 1 is 1.25 bits per heavy atom. The summed E-state index contributed by atoms with van der Waals surface area (Å²) in [6.45, 7) is 0.348. The van der Waals surface area contributed by atoms with E-state index in [1.165, 1.54) is 17.5 Å². The molecule has 2 aliphatic rings. The normalized spacial score (nSPS) is 18.7. The highest BCUT2D eigenvalue weighted by atomic mass is 32.2. The molecule has 1 fully saturated rings. The Balaban J connectivity index is 1.41. The number of carbonyl (C=O) groups is 2. The van der Waals surface area contributed by atoms with Crippen molar-refractivity contribution in [1.29, 1.82) is 0 Å². The zero-order valence-electron chi connectivity index (χ0n) is 17.5. The number of thioether (sulfide) groups is 1. The van der Waals surface area contributed by atoms with Gasteiger partial charge in [0.15, 0.2) is 5.17 Å². The van der Waals surface area contributed by atoms with Crippen LogP contribution in [-0.2, 0) is 29.0 Å². The SMILES string of the molecule is COc1ccc(C=NN=C2NC(=O)C(CC(=O)O)S2)cc1COc1ccc2c(c1)CCC2. The predicted octanol–water partition coefficient (Wildman–Crippen LogP) is 3.16. The highest BCUT2D eigenvalue weighted by Gasteiger charge is 2.32. The molecule has 2 aromatic rings. The number of benzene rings is 2. The molecule has 0 radical (unpaired) electrons. The van der Waals surface area contributed by atoms with E-state index in [4.69, 9.17) is 14.6 Å². The molecular weight excluding hydrogens is 430 g/mol. The third-order valence-corrected chi connectivity index (χ3v) is 6.33. The van der Waals surface area contributed by atoms with Gasteiger partial charge in [0, 0.05) is 5.56 Å². The summed E-state index contributed by atoms with van der Waals surface area (Å²) < 4.78 is 11.5. The first-order valence-corrected chi connectivity index (χ1v) is 11.1. The van der Waals surface area contributed by atoms with Gasteiger partial charge in [0.05, 0.1) is 19.7 Å². The molecule has 4 rings (SSSR count). The van der Waals surface area contributed by atoms with Crippen molar-refractivity contribution in [3.8, 4) is 11.5 Å². The number of amidine groups is 1. The number of aryl methyl sites for hydroxylation is 2. The lowest BCUT2D eigenvalue weighted by Gasteiger charge is -2.12. The van der Waals surface area contributed by atoms with Crippen LogP contribution >= 0.6 is 11.8 Å². The second-order valence-corrected chi connectivity index (χ2v) is 8.68.